The Morgan fingerprint density at radius 2 is 1.88 bits per heavy atom. The maximum absolute atomic E-state index is 14.1. The summed E-state index contributed by atoms with van der Waals surface area (Å²) in [5.74, 6) is -0.964. The first-order chi connectivity index (χ1) is 11.9. The van der Waals surface area contributed by atoms with E-state index in [1.807, 2.05) is 0 Å². The second-order valence-corrected chi connectivity index (χ2v) is 8.44. The highest BCUT2D eigenvalue weighted by atomic mass is 32.2. The summed E-state index contributed by atoms with van der Waals surface area (Å²) in [6.45, 7) is 0.247. The highest BCUT2D eigenvalue weighted by molar-refractivity contribution is 7.89. The Hall–Kier alpha value is -1.47. The van der Waals surface area contributed by atoms with E-state index in [2.05, 4.69) is 4.72 Å². The molecule has 25 heavy (non-hydrogen) atoms. The number of carboxylic acids is 1. The van der Waals surface area contributed by atoms with Crippen molar-refractivity contribution in [1.29, 1.82) is 0 Å². The van der Waals surface area contributed by atoms with E-state index in [1.54, 1.807) is 18.2 Å². The van der Waals surface area contributed by atoms with Crippen molar-refractivity contribution in [3.05, 3.63) is 30.3 Å². The molecule has 0 radical (unpaired) electrons. The van der Waals surface area contributed by atoms with Crippen LogP contribution in [0.5, 0.6) is 0 Å². The van der Waals surface area contributed by atoms with Crippen LogP contribution >= 0.6 is 0 Å². The highest BCUT2D eigenvalue weighted by Crippen LogP contribution is 2.37. The van der Waals surface area contributed by atoms with Crippen LogP contribution < -0.4 is 4.72 Å². The van der Waals surface area contributed by atoms with Crippen LogP contribution in [-0.4, -0.2) is 32.2 Å². The van der Waals surface area contributed by atoms with E-state index in [1.165, 1.54) is 12.1 Å². The van der Waals surface area contributed by atoms with Crippen molar-refractivity contribution in [1.82, 2.24) is 4.72 Å². The topological polar surface area (TPSA) is 83.5 Å². The molecule has 1 fully saturated rings. The van der Waals surface area contributed by atoms with Crippen LogP contribution in [-0.2, 0) is 14.8 Å². The monoisotopic (exact) mass is 371 g/mol. The molecule has 1 aliphatic rings. The van der Waals surface area contributed by atoms with Crippen molar-refractivity contribution in [2.45, 2.75) is 56.0 Å². The Bertz CT molecular complexity index is 650. The Morgan fingerprint density at radius 1 is 1.16 bits per heavy atom. The SMILES string of the molecule is O=C(O)CCCCC[C@@H]1[C@@H](CNS(=O)(=O)c2ccccc2)CC[C@H]1F. The molecule has 0 aromatic heterocycles. The lowest BCUT2D eigenvalue weighted by Crippen LogP contribution is -2.32. The predicted molar refractivity (Wildman–Crippen MR) is 93.5 cm³/mol. The molecule has 0 heterocycles. The number of unbranched alkanes of at least 4 members (excludes halogenated alkanes) is 2. The summed E-state index contributed by atoms with van der Waals surface area (Å²) in [7, 11) is -3.57. The van der Waals surface area contributed by atoms with Crippen LogP contribution in [0.25, 0.3) is 0 Å². The maximum Gasteiger partial charge on any atom is 0.303 e. The number of nitrogens with one attached hydrogen (secondary N) is 1. The standard InChI is InChI=1S/C18H26FNO4S/c19-17-12-11-14(16(17)9-5-2-6-10-18(21)22)13-20-25(23,24)15-7-3-1-4-8-15/h1,3-4,7-8,14,16-17,20H,2,5-6,9-13H2,(H,21,22)/t14-,16-,17-/m1/s1. The lowest BCUT2D eigenvalue weighted by Gasteiger charge is -2.21. The zero-order valence-electron chi connectivity index (χ0n) is 14.2. The number of hydrogen-bond donors (Lipinski definition) is 2. The lowest BCUT2D eigenvalue weighted by molar-refractivity contribution is -0.137. The van der Waals surface area contributed by atoms with Gasteiger partial charge in [-0.25, -0.2) is 17.5 Å². The average molecular weight is 371 g/mol. The third-order valence-corrected chi connectivity index (χ3v) is 6.34. The molecule has 1 aliphatic carbocycles. The van der Waals surface area contributed by atoms with Gasteiger partial charge in [0.05, 0.1) is 4.90 Å². The van der Waals surface area contributed by atoms with Crippen molar-refractivity contribution in [2.24, 2.45) is 11.8 Å². The van der Waals surface area contributed by atoms with Gasteiger partial charge in [-0.3, -0.25) is 4.79 Å². The smallest absolute Gasteiger partial charge is 0.303 e. The molecule has 0 amide bonds. The van der Waals surface area contributed by atoms with Gasteiger partial charge in [-0.05, 0) is 49.7 Å². The van der Waals surface area contributed by atoms with Crippen molar-refractivity contribution in [3.8, 4) is 0 Å². The van der Waals surface area contributed by atoms with Gasteiger partial charge >= 0.3 is 5.97 Å². The van der Waals surface area contributed by atoms with E-state index >= 15 is 0 Å². The minimum absolute atomic E-state index is 0.00652. The number of carbonyl (C=O) groups is 1. The molecule has 0 bridgehead atoms. The Morgan fingerprint density at radius 3 is 2.56 bits per heavy atom. The second-order valence-electron chi connectivity index (χ2n) is 6.68. The first kappa shape index (κ1) is 19.8. The molecular formula is C18H26FNO4S. The molecule has 140 valence electrons. The highest BCUT2D eigenvalue weighted by Gasteiger charge is 2.36. The molecule has 0 spiro atoms. The summed E-state index contributed by atoms with van der Waals surface area (Å²) < 4.78 is 41.3. The number of sulfonamides is 1. The Labute approximate surface area is 148 Å². The van der Waals surface area contributed by atoms with Gasteiger partial charge in [-0.2, -0.15) is 0 Å². The quantitative estimate of drug-likeness (QED) is 0.618. The molecule has 0 unspecified atom stereocenters. The third-order valence-electron chi connectivity index (χ3n) is 4.90. The van der Waals surface area contributed by atoms with Crippen LogP contribution in [0.15, 0.2) is 35.2 Å². The largest absolute Gasteiger partial charge is 0.481 e. The molecule has 1 aromatic carbocycles. The normalized spacial score (nSPS) is 23.6. The summed E-state index contributed by atoms with van der Waals surface area (Å²) in [6, 6.07) is 8.16. The molecule has 0 aliphatic heterocycles. The number of aliphatic carboxylic acids is 1. The van der Waals surface area contributed by atoms with Crippen LogP contribution in [0.4, 0.5) is 4.39 Å². The molecule has 2 N–H and O–H groups in total. The summed E-state index contributed by atoms with van der Waals surface area (Å²) in [5, 5.41) is 8.62. The predicted octanol–water partition coefficient (Wildman–Crippen LogP) is 3.36. The minimum atomic E-state index is -3.57. The molecule has 1 aromatic rings. The van der Waals surface area contributed by atoms with Crippen molar-refractivity contribution < 1.29 is 22.7 Å². The number of halogens is 1. The van der Waals surface area contributed by atoms with Crippen molar-refractivity contribution >= 4 is 16.0 Å². The van der Waals surface area contributed by atoms with E-state index in [9.17, 15) is 17.6 Å². The third kappa shape index (κ3) is 6.08. The first-order valence-corrected chi connectivity index (χ1v) is 10.3. The molecule has 2 rings (SSSR count). The minimum Gasteiger partial charge on any atom is -0.481 e. The number of benzene rings is 1. The van der Waals surface area contributed by atoms with E-state index < -0.39 is 22.2 Å². The summed E-state index contributed by atoms with van der Waals surface area (Å²) >= 11 is 0. The van der Waals surface area contributed by atoms with Gasteiger partial charge < -0.3 is 5.11 Å². The van der Waals surface area contributed by atoms with Gasteiger partial charge in [0.15, 0.2) is 0 Å². The van der Waals surface area contributed by atoms with Gasteiger partial charge in [0, 0.05) is 13.0 Å². The lowest BCUT2D eigenvalue weighted by atomic mass is 9.90. The van der Waals surface area contributed by atoms with E-state index in [0.717, 1.165) is 12.8 Å². The van der Waals surface area contributed by atoms with E-state index in [-0.39, 0.29) is 29.7 Å². The molecule has 7 heteroatoms. The Balaban J connectivity index is 1.82. The molecule has 5 nitrogen and oxygen atoms in total. The average Bonchev–Trinajstić information content (AvgIpc) is 2.93. The van der Waals surface area contributed by atoms with E-state index in [0.29, 0.717) is 25.7 Å². The number of alkyl halides is 1. The zero-order chi connectivity index (χ0) is 18.3. The van der Waals surface area contributed by atoms with Crippen molar-refractivity contribution in [3.63, 3.8) is 0 Å². The van der Waals surface area contributed by atoms with Gasteiger partial charge in [0.1, 0.15) is 6.17 Å². The molecular weight excluding hydrogens is 345 g/mol. The Kier molecular flexibility index (Phi) is 7.38. The van der Waals surface area contributed by atoms with Gasteiger partial charge in [0.2, 0.25) is 10.0 Å². The molecule has 0 saturated heterocycles. The fourth-order valence-electron chi connectivity index (χ4n) is 3.50. The fourth-order valence-corrected chi connectivity index (χ4v) is 4.62. The maximum atomic E-state index is 14.1. The van der Waals surface area contributed by atoms with Crippen LogP contribution in [0.1, 0.15) is 44.9 Å². The number of hydrogen-bond acceptors (Lipinski definition) is 3. The van der Waals surface area contributed by atoms with Crippen LogP contribution in [0.2, 0.25) is 0 Å². The van der Waals surface area contributed by atoms with Crippen LogP contribution in [0.3, 0.4) is 0 Å². The van der Waals surface area contributed by atoms with Crippen molar-refractivity contribution in [2.75, 3.05) is 6.54 Å². The fraction of sp³-hybridized carbons (Fsp3) is 0.611. The second kappa shape index (κ2) is 9.29. The van der Waals surface area contributed by atoms with Gasteiger partial charge in [-0.1, -0.05) is 31.0 Å². The summed E-state index contributed by atoms with van der Waals surface area (Å²) in [4.78, 5) is 10.7. The van der Waals surface area contributed by atoms with Gasteiger partial charge in [-0.15, -0.1) is 0 Å². The van der Waals surface area contributed by atoms with E-state index in [4.69, 9.17) is 5.11 Å². The molecule has 1 saturated carbocycles. The first-order valence-electron chi connectivity index (χ1n) is 8.80. The van der Waals surface area contributed by atoms with Crippen LogP contribution in [0, 0.1) is 11.8 Å². The van der Waals surface area contributed by atoms with Gasteiger partial charge in [0.25, 0.3) is 0 Å². The summed E-state index contributed by atoms with van der Waals surface area (Å²) in [5.41, 5.74) is 0. The number of carboxylic acid groups (broad SMARTS) is 1. The molecule has 3 atom stereocenters. The number of rotatable bonds is 10. The summed E-state index contributed by atoms with van der Waals surface area (Å²) in [6.07, 6.45) is 3.21. The zero-order valence-corrected chi connectivity index (χ0v) is 15.1.